The van der Waals surface area contributed by atoms with Crippen LogP contribution in [0, 0.1) is 0 Å². The highest BCUT2D eigenvalue weighted by Gasteiger charge is 2.09. The third-order valence-electron chi connectivity index (χ3n) is 5.57. The molecule has 0 saturated carbocycles. The van der Waals surface area contributed by atoms with Gasteiger partial charge in [0.2, 0.25) is 5.95 Å². The summed E-state index contributed by atoms with van der Waals surface area (Å²) in [4.78, 5) is 21.7. The third-order valence-corrected chi connectivity index (χ3v) is 5.57. The van der Waals surface area contributed by atoms with Gasteiger partial charge in [-0.3, -0.25) is 4.79 Å². The van der Waals surface area contributed by atoms with Crippen molar-refractivity contribution in [3.63, 3.8) is 0 Å². The summed E-state index contributed by atoms with van der Waals surface area (Å²) in [6.07, 6.45) is 7.63. The van der Waals surface area contributed by atoms with Crippen molar-refractivity contribution in [1.82, 2.24) is 19.1 Å². The molecule has 0 fully saturated rings. The monoisotopic (exact) mass is 401 g/mol. The maximum absolute atomic E-state index is 12.8. The smallest absolute Gasteiger partial charge is 0.251 e. The lowest BCUT2D eigenvalue weighted by Crippen LogP contribution is -2.20. The van der Waals surface area contributed by atoms with E-state index < -0.39 is 0 Å². The molecule has 1 aromatic carbocycles. The van der Waals surface area contributed by atoms with Gasteiger partial charge in [-0.2, -0.15) is 0 Å². The number of pyridine rings is 1. The second-order valence-corrected chi connectivity index (χ2v) is 7.62. The van der Waals surface area contributed by atoms with Gasteiger partial charge >= 0.3 is 0 Å². The molecule has 0 aliphatic carbocycles. The fourth-order valence-corrected chi connectivity index (χ4v) is 3.67. The van der Waals surface area contributed by atoms with Gasteiger partial charge in [-0.25, -0.2) is 9.97 Å². The second kappa shape index (κ2) is 8.53. The number of nitrogens with zero attached hydrogens (tertiary/aromatic N) is 4. The van der Waals surface area contributed by atoms with Gasteiger partial charge < -0.3 is 14.5 Å². The Morgan fingerprint density at radius 3 is 2.63 bits per heavy atom. The molecule has 0 aliphatic heterocycles. The van der Waals surface area contributed by atoms with Crippen molar-refractivity contribution in [3.8, 4) is 11.3 Å². The lowest BCUT2D eigenvalue weighted by Gasteiger charge is -2.15. The van der Waals surface area contributed by atoms with Crippen LogP contribution in [-0.4, -0.2) is 25.1 Å². The summed E-state index contributed by atoms with van der Waals surface area (Å²) in [5.41, 5.74) is 3.75. The van der Waals surface area contributed by atoms with Crippen molar-refractivity contribution in [2.75, 3.05) is 5.32 Å². The standard InChI is InChI=1S/C24H27N5O/c1-4-20(5-2)26-24-25-11-8-21(27-24)19-10-13-29(23(30)15-19)16-17-6-7-18-9-12-28(3)22(18)14-17/h6-15,20H,4-5,16H2,1-3H3,(H,25,26,27). The minimum absolute atomic E-state index is 0.0485. The molecule has 6 heteroatoms. The molecule has 0 aliphatic rings. The van der Waals surface area contributed by atoms with Crippen molar-refractivity contribution < 1.29 is 0 Å². The molecule has 0 unspecified atom stereocenters. The Kier molecular flexibility index (Phi) is 5.65. The van der Waals surface area contributed by atoms with Crippen LogP contribution < -0.4 is 10.9 Å². The summed E-state index contributed by atoms with van der Waals surface area (Å²) < 4.78 is 3.81. The maximum atomic E-state index is 12.8. The first kappa shape index (κ1) is 19.9. The largest absolute Gasteiger partial charge is 0.351 e. The number of nitrogens with one attached hydrogen (secondary N) is 1. The van der Waals surface area contributed by atoms with Gasteiger partial charge in [-0.15, -0.1) is 0 Å². The van der Waals surface area contributed by atoms with Gasteiger partial charge in [0.15, 0.2) is 0 Å². The van der Waals surface area contributed by atoms with Crippen LogP contribution in [0.1, 0.15) is 32.3 Å². The van der Waals surface area contributed by atoms with E-state index in [2.05, 4.69) is 58.0 Å². The van der Waals surface area contributed by atoms with Crippen LogP contribution in [0.5, 0.6) is 0 Å². The Balaban J connectivity index is 1.57. The first-order valence-electron chi connectivity index (χ1n) is 10.4. The van der Waals surface area contributed by atoms with Crippen LogP contribution >= 0.6 is 0 Å². The van der Waals surface area contributed by atoms with Gasteiger partial charge in [0, 0.05) is 48.8 Å². The van der Waals surface area contributed by atoms with Crippen LogP contribution in [-0.2, 0) is 13.6 Å². The number of hydrogen-bond acceptors (Lipinski definition) is 4. The van der Waals surface area contributed by atoms with E-state index in [1.807, 2.05) is 31.6 Å². The Hall–Kier alpha value is -3.41. The normalized spacial score (nSPS) is 11.3. The van der Waals surface area contributed by atoms with Gasteiger partial charge in [-0.1, -0.05) is 26.0 Å². The lowest BCUT2D eigenvalue weighted by molar-refractivity contribution is 0.665. The Morgan fingerprint density at radius 2 is 1.87 bits per heavy atom. The zero-order valence-corrected chi connectivity index (χ0v) is 17.7. The Labute approximate surface area is 176 Å². The molecule has 0 atom stereocenters. The molecule has 1 N–H and O–H groups in total. The number of hydrogen-bond donors (Lipinski definition) is 1. The average molecular weight is 402 g/mol. The molecule has 0 bridgehead atoms. The minimum Gasteiger partial charge on any atom is -0.351 e. The summed E-state index contributed by atoms with van der Waals surface area (Å²) in [5, 5.41) is 4.56. The molecule has 0 radical (unpaired) electrons. The number of benzene rings is 1. The lowest BCUT2D eigenvalue weighted by atomic mass is 10.1. The molecular weight excluding hydrogens is 374 g/mol. The molecule has 154 valence electrons. The number of anilines is 1. The molecule has 4 aromatic rings. The predicted octanol–water partition coefficient (Wildman–Crippen LogP) is 4.45. The predicted molar refractivity (Wildman–Crippen MR) is 122 cm³/mol. The van der Waals surface area contributed by atoms with Gasteiger partial charge in [0.25, 0.3) is 5.56 Å². The third kappa shape index (κ3) is 4.13. The molecule has 6 nitrogen and oxygen atoms in total. The highest BCUT2D eigenvalue weighted by atomic mass is 16.1. The second-order valence-electron chi connectivity index (χ2n) is 7.62. The topological polar surface area (TPSA) is 64.7 Å². The molecule has 0 amide bonds. The maximum Gasteiger partial charge on any atom is 0.251 e. The number of aromatic nitrogens is 4. The van der Waals surface area contributed by atoms with Crippen molar-refractivity contribution in [2.24, 2.45) is 7.05 Å². The van der Waals surface area contributed by atoms with Crippen LogP contribution in [0.25, 0.3) is 22.2 Å². The number of rotatable bonds is 7. The van der Waals surface area contributed by atoms with E-state index in [0.29, 0.717) is 18.5 Å². The Morgan fingerprint density at radius 1 is 1.03 bits per heavy atom. The van der Waals surface area contributed by atoms with Crippen molar-refractivity contribution in [1.29, 1.82) is 0 Å². The van der Waals surface area contributed by atoms with E-state index in [1.165, 1.54) is 5.39 Å². The minimum atomic E-state index is -0.0485. The first-order valence-corrected chi connectivity index (χ1v) is 10.4. The van der Waals surface area contributed by atoms with E-state index in [1.54, 1.807) is 16.8 Å². The number of aryl methyl sites for hydroxylation is 1. The molecule has 3 heterocycles. The van der Waals surface area contributed by atoms with Crippen molar-refractivity contribution in [3.05, 3.63) is 77.0 Å². The number of fused-ring (bicyclic) bond motifs is 1. The van der Waals surface area contributed by atoms with Gasteiger partial charge in [0.05, 0.1) is 12.2 Å². The van der Waals surface area contributed by atoms with E-state index in [-0.39, 0.29) is 5.56 Å². The van der Waals surface area contributed by atoms with E-state index in [4.69, 9.17) is 0 Å². The van der Waals surface area contributed by atoms with Crippen LogP contribution in [0.15, 0.2) is 65.8 Å². The fraction of sp³-hybridized carbons (Fsp3) is 0.292. The average Bonchev–Trinajstić information content (AvgIpc) is 3.14. The quantitative estimate of drug-likeness (QED) is 0.497. The molecule has 0 spiro atoms. The van der Waals surface area contributed by atoms with Crippen molar-refractivity contribution >= 4 is 16.9 Å². The van der Waals surface area contributed by atoms with Crippen LogP contribution in [0.2, 0.25) is 0 Å². The van der Waals surface area contributed by atoms with E-state index in [9.17, 15) is 4.79 Å². The van der Waals surface area contributed by atoms with Gasteiger partial charge in [0.1, 0.15) is 0 Å². The zero-order chi connectivity index (χ0) is 21.1. The molecule has 30 heavy (non-hydrogen) atoms. The first-order chi connectivity index (χ1) is 14.6. The molecule has 0 saturated heterocycles. The summed E-state index contributed by atoms with van der Waals surface area (Å²) >= 11 is 0. The summed E-state index contributed by atoms with van der Waals surface area (Å²) in [5.74, 6) is 0.598. The van der Waals surface area contributed by atoms with Gasteiger partial charge in [-0.05, 0) is 48.1 Å². The molecule has 4 rings (SSSR count). The summed E-state index contributed by atoms with van der Waals surface area (Å²) in [6.45, 7) is 4.81. The molecular formula is C24H27N5O. The summed E-state index contributed by atoms with van der Waals surface area (Å²) in [7, 11) is 2.03. The van der Waals surface area contributed by atoms with Crippen LogP contribution in [0.4, 0.5) is 5.95 Å². The highest BCUT2D eigenvalue weighted by molar-refractivity contribution is 5.80. The Bertz CT molecular complexity index is 1220. The van der Waals surface area contributed by atoms with E-state index >= 15 is 0 Å². The summed E-state index contributed by atoms with van der Waals surface area (Å²) in [6, 6.07) is 14.2. The van der Waals surface area contributed by atoms with Crippen molar-refractivity contribution in [2.45, 2.75) is 39.3 Å². The highest BCUT2D eigenvalue weighted by Crippen LogP contribution is 2.19. The van der Waals surface area contributed by atoms with Crippen LogP contribution in [0.3, 0.4) is 0 Å². The SMILES string of the molecule is CCC(CC)Nc1nccc(-c2ccn(Cc3ccc4ccn(C)c4c3)c(=O)c2)n1. The molecule has 3 aromatic heterocycles. The van der Waals surface area contributed by atoms with E-state index in [0.717, 1.165) is 35.2 Å². The fourth-order valence-electron chi connectivity index (χ4n) is 3.67. The zero-order valence-electron chi connectivity index (χ0n) is 17.7.